The minimum absolute atomic E-state index is 0.636. The van der Waals surface area contributed by atoms with Gasteiger partial charge in [0.1, 0.15) is 11.8 Å². The fourth-order valence-electron chi connectivity index (χ4n) is 2.51. The Labute approximate surface area is 121 Å². The van der Waals surface area contributed by atoms with Gasteiger partial charge in [-0.2, -0.15) is 0 Å². The molecule has 0 radical (unpaired) electrons. The van der Waals surface area contributed by atoms with E-state index >= 15 is 0 Å². The van der Waals surface area contributed by atoms with Crippen LogP contribution in [0.4, 0.5) is 0 Å². The van der Waals surface area contributed by atoms with Crippen molar-refractivity contribution < 1.29 is 5.11 Å². The molecule has 1 atom stereocenters. The van der Waals surface area contributed by atoms with Crippen molar-refractivity contribution in [3.63, 3.8) is 0 Å². The Hall–Kier alpha value is -2.72. The van der Waals surface area contributed by atoms with E-state index in [1.165, 1.54) is 0 Å². The van der Waals surface area contributed by atoms with Crippen molar-refractivity contribution in [2.45, 2.75) is 6.10 Å². The van der Waals surface area contributed by atoms with E-state index in [-0.39, 0.29) is 0 Å². The maximum Gasteiger partial charge on any atom is 0.137 e. The lowest BCUT2D eigenvalue weighted by Crippen LogP contribution is -2.00. The lowest BCUT2D eigenvalue weighted by Gasteiger charge is -2.08. The molecule has 1 aromatic carbocycles. The number of nitrogens with zero attached hydrogens (tertiary/aromatic N) is 3. The number of pyridine rings is 2. The Morgan fingerprint density at radius 1 is 1.05 bits per heavy atom. The van der Waals surface area contributed by atoms with Crippen LogP contribution in [0.3, 0.4) is 0 Å². The number of aliphatic hydroxyl groups is 1. The molecule has 0 saturated carbocycles. The molecule has 4 nitrogen and oxygen atoms in total. The molecule has 4 aromatic rings. The summed E-state index contributed by atoms with van der Waals surface area (Å²) in [6.45, 7) is 0. The van der Waals surface area contributed by atoms with Crippen LogP contribution >= 0.6 is 0 Å². The highest BCUT2D eigenvalue weighted by Crippen LogP contribution is 2.24. The van der Waals surface area contributed by atoms with Gasteiger partial charge >= 0.3 is 0 Å². The molecular formula is C17H13N3O. The van der Waals surface area contributed by atoms with Crippen LogP contribution < -0.4 is 0 Å². The summed E-state index contributed by atoms with van der Waals surface area (Å²) in [7, 11) is 0. The molecule has 0 spiro atoms. The van der Waals surface area contributed by atoms with Gasteiger partial charge in [-0.25, -0.2) is 4.98 Å². The molecule has 1 N–H and O–H groups in total. The quantitative estimate of drug-likeness (QED) is 0.612. The van der Waals surface area contributed by atoms with Crippen LogP contribution in [0.2, 0.25) is 0 Å². The highest BCUT2D eigenvalue weighted by molar-refractivity contribution is 5.79. The van der Waals surface area contributed by atoms with Gasteiger partial charge in [0.25, 0.3) is 0 Å². The molecule has 4 rings (SSSR count). The van der Waals surface area contributed by atoms with E-state index in [0.717, 1.165) is 22.1 Å². The zero-order chi connectivity index (χ0) is 14.2. The van der Waals surface area contributed by atoms with Crippen LogP contribution in [-0.2, 0) is 0 Å². The molecule has 0 fully saturated rings. The lowest BCUT2D eigenvalue weighted by molar-refractivity contribution is 0.216. The smallest absolute Gasteiger partial charge is 0.137 e. The second-order valence-corrected chi connectivity index (χ2v) is 4.99. The monoisotopic (exact) mass is 275 g/mol. The van der Waals surface area contributed by atoms with Crippen LogP contribution in [0.15, 0.2) is 67.1 Å². The van der Waals surface area contributed by atoms with Crippen molar-refractivity contribution in [1.82, 2.24) is 14.4 Å². The van der Waals surface area contributed by atoms with Crippen molar-refractivity contribution in [2.24, 2.45) is 0 Å². The van der Waals surface area contributed by atoms with Crippen molar-refractivity contribution in [1.29, 1.82) is 0 Å². The minimum Gasteiger partial charge on any atom is -0.382 e. The summed E-state index contributed by atoms with van der Waals surface area (Å²) in [5.41, 5.74) is 3.13. The summed E-state index contributed by atoms with van der Waals surface area (Å²) in [4.78, 5) is 8.79. The predicted octanol–water partition coefficient (Wildman–Crippen LogP) is 2.96. The molecule has 0 aliphatic carbocycles. The summed E-state index contributed by atoms with van der Waals surface area (Å²) in [6, 6.07) is 15.5. The topological polar surface area (TPSA) is 50.4 Å². The van der Waals surface area contributed by atoms with Gasteiger partial charge in [0.2, 0.25) is 0 Å². The Morgan fingerprint density at radius 2 is 2.00 bits per heavy atom. The molecule has 102 valence electrons. The van der Waals surface area contributed by atoms with E-state index < -0.39 is 6.10 Å². The molecule has 0 aliphatic heterocycles. The Kier molecular flexibility index (Phi) is 2.69. The third-order valence-electron chi connectivity index (χ3n) is 3.61. The van der Waals surface area contributed by atoms with Crippen LogP contribution in [0, 0.1) is 0 Å². The summed E-state index contributed by atoms with van der Waals surface area (Å²) in [5, 5.41) is 11.6. The molecule has 0 bridgehead atoms. The molecule has 21 heavy (non-hydrogen) atoms. The highest BCUT2D eigenvalue weighted by atomic mass is 16.3. The summed E-state index contributed by atoms with van der Waals surface area (Å²) in [5.74, 6) is 0. The standard InChI is InChI=1S/C17H13N3O/c21-17(15-11-20-9-2-1-5-16(20)19-15)13-7-6-12-4-3-8-18-14(12)10-13/h1-11,17,21H. The van der Waals surface area contributed by atoms with Crippen molar-refractivity contribution in [3.05, 3.63) is 78.4 Å². The van der Waals surface area contributed by atoms with Gasteiger partial charge in [0, 0.05) is 24.0 Å². The van der Waals surface area contributed by atoms with E-state index in [9.17, 15) is 5.11 Å². The molecule has 0 saturated heterocycles. The Bertz CT molecular complexity index is 896. The number of benzene rings is 1. The number of hydrogen-bond donors (Lipinski definition) is 1. The number of hydrogen-bond acceptors (Lipinski definition) is 3. The molecule has 1 unspecified atom stereocenters. The van der Waals surface area contributed by atoms with Gasteiger partial charge in [-0.1, -0.05) is 24.3 Å². The second kappa shape index (κ2) is 4.68. The van der Waals surface area contributed by atoms with Gasteiger partial charge in [-0.3, -0.25) is 4.98 Å². The van der Waals surface area contributed by atoms with E-state index in [4.69, 9.17) is 0 Å². The van der Waals surface area contributed by atoms with Crippen LogP contribution in [0.1, 0.15) is 17.4 Å². The maximum atomic E-state index is 10.5. The largest absolute Gasteiger partial charge is 0.382 e. The van der Waals surface area contributed by atoms with Crippen molar-refractivity contribution in [2.75, 3.05) is 0 Å². The summed E-state index contributed by atoms with van der Waals surface area (Å²) >= 11 is 0. The SMILES string of the molecule is OC(c1ccc2cccnc2c1)c1cn2ccccc2n1. The number of rotatable bonds is 2. The second-order valence-electron chi connectivity index (χ2n) is 4.99. The lowest BCUT2D eigenvalue weighted by atomic mass is 10.0. The molecule has 3 heterocycles. The van der Waals surface area contributed by atoms with Gasteiger partial charge in [0.15, 0.2) is 0 Å². The molecule has 0 aliphatic rings. The average molecular weight is 275 g/mol. The summed E-state index contributed by atoms with van der Waals surface area (Å²) in [6.07, 6.45) is 4.77. The van der Waals surface area contributed by atoms with E-state index in [2.05, 4.69) is 9.97 Å². The Balaban J connectivity index is 1.79. The predicted molar refractivity (Wildman–Crippen MR) is 81.0 cm³/mol. The molecule has 0 amide bonds. The maximum absolute atomic E-state index is 10.5. The minimum atomic E-state index is -0.753. The number of fused-ring (bicyclic) bond motifs is 2. The zero-order valence-electron chi connectivity index (χ0n) is 11.2. The first-order valence-corrected chi connectivity index (χ1v) is 6.78. The zero-order valence-corrected chi connectivity index (χ0v) is 11.2. The first kappa shape index (κ1) is 12.1. The van der Waals surface area contributed by atoms with Crippen LogP contribution in [0.25, 0.3) is 16.6 Å². The van der Waals surface area contributed by atoms with E-state index in [1.54, 1.807) is 6.20 Å². The highest BCUT2D eigenvalue weighted by Gasteiger charge is 2.14. The van der Waals surface area contributed by atoms with Crippen LogP contribution in [-0.4, -0.2) is 19.5 Å². The third-order valence-corrected chi connectivity index (χ3v) is 3.61. The first-order chi connectivity index (χ1) is 10.3. The number of aromatic nitrogens is 3. The fraction of sp³-hybridized carbons (Fsp3) is 0.0588. The molecule has 3 aromatic heterocycles. The first-order valence-electron chi connectivity index (χ1n) is 6.78. The number of imidazole rings is 1. The van der Waals surface area contributed by atoms with E-state index in [0.29, 0.717) is 5.69 Å². The molecule has 4 heteroatoms. The van der Waals surface area contributed by atoms with Gasteiger partial charge in [-0.15, -0.1) is 0 Å². The number of aliphatic hydroxyl groups excluding tert-OH is 1. The molecular weight excluding hydrogens is 262 g/mol. The summed E-state index contributed by atoms with van der Waals surface area (Å²) < 4.78 is 1.90. The normalized spacial score (nSPS) is 12.8. The van der Waals surface area contributed by atoms with Crippen molar-refractivity contribution >= 4 is 16.6 Å². The fourth-order valence-corrected chi connectivity index (χ4v) is 2.51. The average Bonchev–Trinajstić information content (AvgIpc) is 2.97. The van der Waals surface area contributed by atoms with Crippen LogP contribution in [0.5, 0.6) is 0 Å². The van der Waals surface area contributed by atoms with Gasteiger partial charge in [0.05, 0.1) is 11.2 Å². The van der Waals surface area contributed by atoms with Gasteiger partial charge in [-0.05, 0) is 29.8 Å². The van der Waals surface area contributed by atoms with E-state index in [1.807, 2.05) is 65.3 Å². The Morgan fingerprint density at radius 3 is 2.90 bits per heavy atom. The van der Waals surface area contributed by atoms with Gasteiger partial charge < -0.3 is 9.51 Å². The van der Waals surface area contributed by atoms with Crippen molar-refractivity contribution in [3.8, 4) is 0 Å². The third kappa shape index (κ3) is 2.06.